The van der Waals surface area contributed by atoms with Crippen LogP contribution in [0.25, 0.3) is 16.5 Å². The van der Waals surface area contributed by atoms with Gasteiger partial charge in [0.1, 0.15) is 30.0 Å². The van der Waals surface area contributed by atoms with Gasteiger partial charge in [-0.25, -0.2) is 0 Å². The van der Waals surface area contributed by atoms with Gasteiger partial charge in [0.05, 0.1) is 55.7 Å². The molecule has 0 spiro atoms. The SMILES string of the molecule is C=CC(=O)N1CCN(c2nc(OCC3CCCN3C)nc3c2CCN(c2cccc4cccc(C)c24)C3)CC1CC#N.CCNC(=O)CC1N=C(c2ccc(Cl)cc2)c2cc(OC)ccc2-n2c(C)nnc21. The Bertz CT molecular complexity index is 3050. The van der Waals surface area contributed by atoms with Crippen LogP contribution in [0.3, 0.4) is 0 Å². The number of benzene rings is 4. The zero-order valence-electron chi connectivity index (χ0n) is 41.6. The Hall–Kier alpha value is -7.35. The van der Waals surface area contributed by atoms with Crippen LogP contribution in [0.15, 0.2) is 96.5 Å². The van der Waals surface area contributed by atoms with Gasteiger partial charge < -0.3 is 34.4 Å². The van der Waals surface area contributed by atoms with Crippen molar-refractivity contribution in [2.45, 2.75) is 77.5 Å². The fraction of sp³-hybridized carbons (Fsp3) is 0.382. The summed E-state index contributed by atoms with van der Waals surface area (Å²) in [5, 5.41) is 24.2. The molecule has 0 bridgehead atoms. The number of aliphatic imine (C=N–C) groups is 1. The highest BCUT2D eigenvalue weighted by atomic mass is 35.5. The van der Waals surface area contributed by atoms with E-state index in [-0.39, 0.29) is 30.7 Å². The summed E-state index contributed by atoms with van der Waals surface area (Å²) in [7, 11) is 3.77. The van der Waals surface area contributed by atoms with E-state index in [0.29, 0.717) is 68.0 Å². The molecular weight excluding hydrogens is 928 g/mol. The molecule has 72 heavy (non-hydrogen) atoms. The number of anilines is 2. The van der Waals surface area contributed by atoms with Gasteiger partial charge in [-0.05, 0) is 107 Å². The summed E-state index contributed by atoms with van der Waals surface area (Å²) < 4.78 is 13.7. The smallest absolute Gasteiger partial charge is 0.318 e. The lowest BCUT2D eigenvalue weighted by atomic mass is 9.99. The van der Waals surface area contributed by atoms with Crippen LogP contribution in [0.2, 0.25) is 5.02 Å². The standard InChI is InChI=1S/C33H39N7O2.C22H22ClN5O2/c1-4-30(41)40-19-18-39(20-25(40)13-15-34)32-27-14-17-38(29-12-6-10-24-9-5-8-23(2)31(24)29)21-28(27)35-33(36-32)42-22-26-11-7-16-37(26)3;1-4-24-20(29)12-18-22-27-26-13(2)28(22)19-10-9-16(30-3)11-17(19)21(25-18)14-5-7-15(23)8-6-14/h4-6,8-10,12,25-26H,1,7,11,13-14,16-22H2,2-3H3;5-11,18H,4,12H2,1-3H3,(H,24,29). The van der Waals surface area contributed by atoms with E-state index in [1.54, 1.807) is 12.0 Å². The molecule has 4 aliphatic rings. The zero-order chi connectivity index (χ0) is 50.5. The van der Waals surface area contributed by atoms with Crippen molar-refractivity contribution in [1.29, 1.82) is 5.26 Å². The predicted molar refractivity (Wildman–Crippen MR) is 281 cm³/mol. The lowest BCUT2D eigenvalue weighted by molar-refractivity contribution is -0.128. The molecule has 2 fully saturated rings. The molecule has 372 valence electrons. The van der Waals surface area contributed by atoms with Gasteiger partial charge in [-0.3, -0.25) is 19.1 Å². The number of likely N-dealkylation sites (N-methyl/N-ethyl adjacent to an activating group) is 1. The minimum atomic E-state index is -0.484. The Kier molecular flexibility index (Phi) is 15.1. The highest BCUT2D eigenvalue weighted by molar-refractivity contribution is 6.30. The molecule has 6 aromatic rings. The quantitative estimate of drug-likeness (QED) is 0.119. The third kappa shape index (κ3) is 10.4. The molecule has 0 saturated carbocycles. The van der Waals surface area contributed by atoms with Gasteiger partial charge in [0, 0.05) is 71.6 Å². The number of aryl methyl sites for hydroxylation is 2. The molecule has 10 rings (SSSR count). The molecule has 2 amide bonds. The number of carbonyl (C=O) groups excluding carboxylic acids is 2. The minimum Gasteiger partial charge on any atom is -0.497 e. The predicted octanol–water partition coefficient (Wildman–Crippen LogP) is 7.75. The van der Waals surface area contributed by atoms with Crippen molar-refractivity contribution in [2.24, 2.45) is 4.99 Å². The molecule has 2 aromatic heterocycles. The van der Waals surface area contributed by atoms with E-state index in [1.165, 1.54) is 34.5 Å². The number of amides is 2. The van der Waals surface area contributed by atoms with E-state index in [0.717, 1.165) is 71.4 Å². The fourth-order valence-electron chi connectivity index (χ4n) is 10.4. The number of ether oxygens (including phenoxy) is 2. The maximum atomic E-state index is 12.5. The average molecular weight is 990 g/mol. The van der Waals surface area contributed by atoms with Crippen molar-refractivity contribution >= 4 is 51.4 Å². The number of hydrogen-bond acceptors (Lipinski definition) is 13. The van der Waals surface area contributed by atoms with E-state index in [2.05, 4.69) is 93.2 Å². The first-order valence-corrected chi connectivity index (χ1v) is 25.1. The zero-order valence-corrected chi connectivity index (χ0v) is 42.4. The molecule has 4 aromatic carbocycles. The number of nitrogens with one attached hydrogen (secondary N) is 1. The molecule has 6 heterocycles. The first-order chi connectivity index (χ1) is 35.0. The van der Waals surface area contributed by atoms with E-state index >= 15 is 0 Å². The molecule has 1 N–H and O–H groups in total. The highest BCUT2D eigenvalue weighted by Crippen LogP contribution is 2.37. The normalized spacial score (nSPS) is 18.4. The number of rotatable bonds is 12. The van der Waals surface area contributed by atoms with Gasteiger partial charge in [-0.1, -0.05) is 60.6 Å². The summed E-state index contributed by atoms with van der Waals surface area (Å²) in [6.45, 7) is 15.0. The Labute approximate surface area is 425 Å². The van der Waals surface area contributed by atoms with Crippen LogP contribution in [0.1, 0.15) is 78.2 Å². The second-order valence-corrected chi connectivity index (χ2v) is 19.1. The number of nitrogens with zero attached hydrogens (tertiary/aromatic N) is 11. The van der Waals surface area contributed by atoms with Crippen LogP contribution in [0, 0.1) is 25.2 Å². The Morgan fingerprint density at radius 2 is 1.76 bits per heavy atom. The van der Waals surface area contributed by atoms with Gasteiger partial charge in [0.25, 0.3) is 0 Å². The molecular formula is C55H61ClN12O4. The second kappa shape index (κ2) is 22.0. The number of fused-ring (bicyclic) bond motifs is 5. The fourth-order valence-corrected chi connectivity index (χ4v) is 10.5. The molecule has 16 nitrogen and oxygen atoms in total. The summed E-state index contributed by atoms with van der Waals surface area (Å²) in [6, 6.07) is 28.6. The van der Waals surface area contributed by atoms with E-state index < -0.39 is 6.04 Å². The van der Waals surface area contributed by atoms with Crippen molar-refractivity contribution in [3.05, 3.63) is 136 Å². The summed E-state index contributed by atoms with van der Waals surface area (Å²) >= 11 is 6.10. The van der Waals surface area contributed by atoms with Gasteiger partial charge in [-0.2, -0.15) is 15.2 Å². The van der Waals surface area contributed by atoms with Crippen LogP contribution in [-0.2, 0) is 22.6 Å². The van der Waals surface area contributed by atoms with Crippen molar-refractivity contribution < 1.29 is 19.1 Å². The number of halogens is 1. The molecule has 0 radical (unpaired) electrons. The second-order valence-electron chi connectivity index (χ2n) is 18.6. The van der Waals surface area contributed by atoms with Crippen LogP contribution in [0.4, 0.5) is 11.5 Å². The number of aromatic nitrogens is 5. The Morgan fingerprint density at radius 3 is 2.50 bits per heavy atom. The summed E-state index contributed by atoms with van der Waals surface area (Å²) in [5.41, 5.74) is 8.00. The number of likely N-dealkylation sites (tertiary alicyclic amines) is 1. The lowest BCUT2D eigenvalue weighted by Gasteiger charge is -2.42. The Morgan fingerprint density at radius 1 is 0.958 bits per heavy atom. The summed E-state index contributed by atoms with van der Waals surface area (Å²) in [6.07, 6.45) is 4.85. The minimum absolute atomic E-state index is 0.0857. The van der Waals surface area contributed by atoms with E-state index in [1.807, 2.05) is 60.9 Å². The maximum Gasteiger partial charge on any atom is 0.318 e. The largest absolute Gasteiger partial charge is 0.497 e. The number of carbonyl (C=O) groups is 2. The van der Waals surface area contributed by atoms with Gasteiger partial charge >= 0.3 is 6.01 Å². The summed E-state index contributed by atoms with van der Waals surface area (Å²) in [4.78, 5) is 48.7. The van der Waals surface area contributed by atoms with Crippen LogP contribution >= 0.6 is 11.6 Å². The third-order valence-electron chi connectivity index (χ3n) is 14.1. The number of methoxy groups -OCH3 is 1. The molecule has 17 heteroatoms. The van der Waals surface area contributed by atoms with Crippen LogP contribution < -0.4 is 24.6 Å². The van der Waals surface area contributed by atoms with Crippen molar-refractivity contribution in [3.8, 4) is 23.5 Å². The lowest BCUT2D eigenvalue weighted by Crippen LogP contribution is -2.55. The first kappa shape index (κ1) is 49.6. The highest BCUT2D eigenvalue weighted by Gasteiger charge is 2.35. The molecule has 2 saturated heterocycles. The molecule has 3 unspecified atom stereocenters. The van der Waals surface area contributed by atoms with Crippen molar-refractivity contribution in [1.82, 2.24) is 39.8 Å². The van der Waals surface area contributed by atoms with Crippen LogP contribution in [0.5, 0.6) is 11.8 Å². The number of piperazine rings is 1. The maximum absolute atomic E-state index is 12.5. The topological polar surface area (TPSA) is 170 Å². The monoisotopic (exact) mass is 988 g/mol. The Balaban J connectivity index is 0.000000188. The van der Waals surface area contributed by atoms with E-state index in [4.69, 9.17) is 36.0 Å². The van der Waals surface area contributed by atoms with Gasteiger partial charge in [0.2, 0.25) is 11.8 Å². The molecule has 4 aliphatic heterocycles. The van der Waals surface area contributed by atoms with Crippen molar-refractivity contribution in [2.75, 3.05) is 69.8 Å². The van der Waals surface area contributed by atoms with Crippen LogP contribution in [-0.4, -0.2) is 124 Å². The number of hydrogen-bond donors (Lipinski definition) is 1. The molecule has 3 atom stereocenters. The average Bonchev–Trinajstić information content (AvgIpc) is 3.96. The first-order valence-electron chi connectivity index (χ1n) is 24.7. The third-order valence-corrected chi connectivity index (χ3v) is 14.4. The van der Waals surface area contributed by atoms with Gasteiger partial charge in [0.15, 0.2) is 5.82 Å². The van der Waals surface area contributed by atoms with E-state index in [9.17, 15) is 14.9 Å². The van der Waals surface area contributed by atoms with Crippen molar-refractivity contribution in [3.63, 3.8) is 0 Å². The van der Waals surface area contributed by atoms with Gasteiger partial charge in [-0.15, -0.1) is 10.2 Å². The summed E-state index contributed by atoms with van der Waals surface area (Å²) in [5.74, 6) is 2.73. The number of nitriles is 1. The molecule has 0 aliphatic carbocycles.